The number of hydrogen-bond acceptors (Lipinski definition) is 3. The molecular weight excluding hydrogens is 226 g/mol. The van der Waals surface area contributed by atoms with Crippen LogP contribution in [-0.4, -0.2) is 4.98 Å². The molecule has 0 aliphatic rings. The minimum absolute atomic E-state index is 0.0438. The normalized spacial score (nSPS) is 9.71. The maximum atomic E-state index is 13.3. The van der Waals surface area contributed by atoms with Gasteiger partial charge in [-0.05, 0) is 6.07 Å². The summed E-state index contributed by atoms with van der Waals surface area (Å²) in [6.45, 7) is 0. The van der Waals surface area contributed by atoms with E-state index in [-0.39, 0.29) is 11.6 Å². The zero-order valence-corrected chi connectivity index (χ0v) is 8.52. The molecule has 0 bridgehead atoms. The Morgan fingerprint density at radius 1 is 1.18 bits per heavy atom. The van der Waals surface area contributed by atoms with E-state index >= 15 is 0 Å². The van der Waals surface area contributed by atoms with Gasteiger partial charge in [0.05, 0.1) is 0 Å². The molecule has 0 spiro atoms. The van der Waals surface area contributed by atoms with Gasteiger partial charge in [0.1, 0.15) is 29.0 Å². The van der Waals surface area contributed by atoms with E-state index in [0.717, 1.165) is 12.1 Å². The number of benzene rings is 1. The molecule has 0 radical (unpaired) electrons. The second kappa shape index (κ2) is 4.58. The summed E-state index contributed by atoms with van der Waals surface area (Å²) in [5.41, 5.74) is -0.627. The van der Waals surface area contributed by atoms with Crippen LogP contribution < -0.4 is 4.74 Å². The first-order valence-electron chi connectivity index (χ1n) is 4.69. The lowest BCUT2D eigenvalue weighted by Gasteiger charge is -2.05. The summed E-state index contributed by atoms with van der Waals surface area (Å²) in [6.07, 6.45) is 1.49. The van der Waals surface area contributed by atoms with Gasteiger partial charge < -0.3 is 4.74 Å². The predicted molar refractivity (Wildman–Crippen MR) is 55.4 cm³/mol. The fraction of sp³-hybridized carbons (Fsp3) is 0. The highest BCUT2D eigenvalue weighted by molar-refractivity contribution is 5.39. The Bertz CT molecular complexity index is 556. The number of nitrogens with zero attached hydrogens (tertiary/aromatic N) is 2. The smallest absolute Gasteiger partial charge is 0.219 e. The summed E-state index contributed by atoms with van der Waals surface area (Å²) in [6, 6.07) is 8.23. The average molecular weight is 232 g/mol. The van der Waals surface area contributed by atoms with E-state index in [1.807, 2.05) is 0 Å². The summed E-state index contributed by atoms with van der Waals surface area (Å²) in [5, 5.41) is 8.50. The standard InChI is InChI=1S/C12H6F2N2O/c13-10-5-8(6-11(14)9(10)7-15)17-12-3-1-2-4-16-12/h1-6H. The third-order valence-corrected chi connectivity index (χ3v) is 1.99. The van der Waals surface area contributed by atoms with Gasteiger partial charge in [-0.2, -0.15) is 5.26 Å². The van der Waals surface area contributed by atoms with Gasteiger partial charge in [0.2, 0.25) is 5.88 Å². The van der Waals surface area contributed by atoms with Gasteiger partial charge in [-0.25, -0.2) is 13.8 Å². The molecular formula is C12H6F2N2O. The van der Waals surface area contributed by atoms with Gasteiger partial charge in [-0.3, -0.25) is 0 Å². The summed E-state index contributed by atoms with van der Waals surface area (Å²) in [4.78, 5) is 3.84. The minimum Gasteiger partial charge on any atom is -0.439 e. The quantitative estimate of drug-likeness (QED) is 0.799. The average Bonchev–Trinajstić information content (AvgIpc) is 2.30. The number of rotatable bonds is 2. The molecule has 0 saturated heterocycles. The first-order chi connectivity index (χ1) is 8.20. The van der Waals surface area contributed by atoms with Gasteiger partial charge in [-0.15, -0.1) is 0 Å². The Labute approximate surface area is 95.9 Å². The second-order valence-corrected chi connectivity index (χ2v) is 3.14. The van der Waals surface area contributed by atoms with Crippen LogP contribution in [0, 0.1) is 23.0 Å². The van der Waals surface area contributed by atoms with Crippen LogP contribution in [0.1, 0.15) is 5.56 Å². The fourth-order valence-electron chi connectivity index (χ4n) is 1.24. The highest BCUT2D eigenvalue weighted by atomic mass is 19.1. The van der Waals surface area contributed by atoms with E-state index < -0.39 is 17.2 Å². The molecule has 1 heterocycles. The van der Waals surface area contributed by atoms with Crippen molar-refractivity contribution in [3.63, 3.8) is 0 Å². The molecule has 0 aliphatic carbocycles. The van der Waals surface area contributed by atoms with Crippen LogP contribution in [0.15, 0.2) is 36.5 Å². The van der Waals surface area contributed by atoms with E-state index in [1.165, 1.54) is 12.3 Å². The highest BCUT2D eigenvalue weighted by Crippen LogP contribution is 2.23. The van der Waals surface area contributed by atoms with E-state index in [2.05, 4.69) is 4.98 Å². The summed E-state index contributed by atoms with van der Waals surface area (Å²) in [7, 11) is 0. The maximum Gasteiger partial charge on any atom is 0.219 e. The predicted octanol–water partition coefficient (Wildman–Crippen LogP) is 3.02. The Morgan fingerprint density at radius 3 is 2.41 bits per heavy atom. The number of pyridine rings is 1. The maximum absolute atomic E-state index is 13.3. The summed E-state index contributed by atoms with van der Waals surface area (Å²) in [5.74, 6) is -1.74. The summed E-state index contributed by atoms with van der Waals surface area (Å²) >= 11 is 0. The van der Waals surface area contributed by atoms with Crippen molar-refractivity contribution in [3.05, 3.63) is 53.7 Å². The fourth-order valence-corrected chi connectivity index (χ4v) is 1.24. The summed E-state index contributed by atoms with van der Waals surface area (Å²) < 4.78 is 31.6. The van der Waals surface area contributed by atoms with Crippen molar-refractivity contribution in [1.82, 2.24) is 4.98 Å². The molecule has 0 fully saturated rings. The Balaban J connectivity index is 2.33. The van der Waals surface area contributed by atoms with Gasteiger partial charge in [0, 0.05) is 24.4 Å². The van der Waals surface area contributed by atoms with Crippen molar-refractivity contribution in [2.24, 2.45) is 0 Å². The van der Waals surface area contributed by atoms with E-state index in [9.17, 15) is 8.78 Å². The highest BCUT2D eigenvalue weighted by Gasteiger charge is 2.11. The van der Waals surface area contributed by atoms with E-state index in [0.29, 0.717) is 0 Å². The molecule has 0 saturated carbocycles. The number of nitriles is 1. The zero-order valence-electron chi connectivity index (χ0n) is 8.52. The van der Waals surface area contributed by atoms with Gasteiger partial charge >= 0.3 is 0 Å². The molecule has 0 N–H and O–H groups in total. The zero-order chi connectivity index (χ0) is 12.3. The molecule has 0 aliphatic heterocycles. The van der Waals surface area contributed by atoms with Crippen LogP contribution >= 0.6 is 0 Å². The SMILES string of the molecule is N#Cc1c(F)cc(Oc2ccccn2)cc1F. The van der Waals surface area contributed by atoms with Gasteiger partial charge in [0.25, 0.3) is 0 Å². The van der Waals surface area contributed by atoms with Gasteiger partial charge in [0.15, 0.2) is 0 Å². The number of hydrogen-bond donors (Lipinski definition) is 0. The lowest BCUT2D eigenvalue weighted by molar-refractivity contribution is 0.451. The largest absolute Gasteiger partial charge is 0.439 e. The van der Waals surface area contributed by atoms with Crippen molar-refractivity contribution in [2.45, 2.75) is 0 Å². The minimum atomic E-state index is -0.960. The second-order valence-electron chi connectivity index (χ2n) is 3.14. The van der Waals surface area contributed by atoms with E-state index in [1.54, 1.807) is 18.2 Å². The molecule has 84 valence electrons. The molecule has 3 nitrogen and oxygen atoms in total. The van der Waals surface area contributed by atoms with Crippen LogP contribution in [-0.2, 0) is 0 Å². The molecule has 1 aromatic heterocycles. The molecule has 5 heteroatoms. The van der Waals surface area contributed by atoms with Crippen molar-refractivity contribution < 1.29 is 13.5 Å². The van der Waals surface area contributed by atoms with E-state index in [4.69, 9.17) is 10.00 Å². The Hall–Kier alpha value is -2.48. The number of halogens is 2. The lowest BCUT2D eigenvalue weighted by Crippen LogP contribution is -1.93. The molecule has 2 rings (SSSR count). The molecule has 0 unspecified atom stereocenters. The van der Waals surface area contributed by atoms with Crippen molar-refractivity contribution >= 4 is 0 Å². The molecule has 0 amide bonds. The topological polar surface area (TPSA) is 45.9 Å². The van der Waals surface area contributed by atoms with Crippen molar-refractivity contribution in [1.29, 1.82) is 5.26 Å². The van der Waals surface area contributed by atoms with Crippen LogP contribution in [0.3, 0.4) is 0 Å². The van der Waals surface area contributed by atoms with Crippen LogP contribution in [0.2, 0.25) is 0 Å². The number of aromatic nitrogens is 1. The van der Waals surface area contributed by atoms with Gasteiger partial charge in [-0.1, -0.05) is 6.07 Å². The van der Waals surface area contributed by atoms with Crippen molar-refractivity contribution in [3.8, 4) is 17.7 Å². The Kier molecular flexibility index (Phi) is 2.97. The molecule has 1 aromatic carbocycles. The molecule has 17 heavy (non-hydrogen) atoms. The van der Waals surface area contributed by atoms with Crippen LogP contribution in [0.5, 0.6) is 11.6 Å². The third-order valence-electron chi connectivity index (χ3n) is 1.99. The van der Waals surface area contributed by atoms with Crippen molar-refractivity contribution in [2.75, 3.05) is 0 Å². The number of ether oxygens (including phenoxy) is 1. The van der Waals surface area contributed by atoms with Crippen LogP contribution in [0.25, 0.3) is 0 Å². The first-order valence-corrected chi connectivity index (χ1v) is 4.69. The van der Waals surface area contributed by atoms with Crippen LogP contribution in [0.4, 0.5) is 8.78 Å². The third kappa shape index (κ3) is 2.37. The lowest BCUT2D eigenvalue weighted by atomic mass is 10.2. The Morgan fingerprint density at radius 2 is 1.88 bits per heavy atom. The molecule has 2 aromatic rings. The monoisotopic (exact) mass is 232 g/mol. The molecule has 0 atom stereocenters. The first kappa shape index (κ1) is 11.0.